The highest BCUT2D eigenvalue weighted by Gasteiger charge is 2.42. The number of hydrogen-bond acceptors (Lipinski definition) is 15. The van der Waals surface area contributed by atoms with Gasteiger partial charge in [0.15, 0.2) is 17.2 Å². The molecule has 0 spiro atoms. The molecule has 6 heterocycles. The van der Waals surface area contributed by atoms with Gasteiger partial charge >= 0.3 is 23.7 Å². The van der Waals surface area contributed by atoms with Crippen LogP contribution in [0.5, 0.6) is 17.2 Å². The molecular formula is C90H75F3N10O11. The molecule has 0 bridgehead atoms. The Morgan fingerprint density at radius 3 is 1.15 bits per heavy atom. The molecule has 3 aliphatic rings. The summed E-state index contributed by atoms with van der Waals surface area (Å²) in [5.41, 5.74) is 11.3. The van der Waals surface area contributed by atoms with Gasteiger partial charge in [0.05, 0.1) is 35.2 Å². The summed E-state index contributed by atoms with van der Waals surface area (Å²) in [5.74, 6) is -4.95. The van der Waals surface area contributed by atoms with E-state index in [0.29, 0.717) is 74.3 Å². The lowest BCUT2D eigenvalue weighted by Gasteiger charge is -2.25. The number of halogens is 3. The monoisotopic (exact) mass is 1530 g/mol. The van der Waals surface area contributed by atoms with Crippen molar-refractivity contribution in [2.24, 2.45) is 0 Å². The number of carbonyl (C=O) groups is 7. The number of benzene rings is 10. The SMILES string of the molecule is CN(C)C(=O)C(=O)N(C)c1c2c(c(O)c3ncccc13)C(=O)N(Cc1ccc(F)cc1)C2.CNc1c2c(c(OC(c3ccccc3)c3ccccc3)c3ncccc13)C(=O)N(Cc1ccc(F)cc1)C2.COC(=O)C(=O)N(C)c1c2c(c(OC(c3ccccc3)c3ccccc3)c3ncccc13)C(=O)N(Cc1ccc(F)cc1)C2. The second-order valence-corrected chi connectivity index (χ2v) is 27.5. The van der Waals surface area contributed by atoms with Gasteiger partial charge in [0.1, 0.15) is 46.2 Å². The van der Waals surface area contributed by atoms with Gasteiger partial charge in [0.25, 0.3) is 17.7 Å². The Hall–Kier alpha value is -14.3. The minimum Gasteiger partial charge on any atom is -0.505 e. The highest BCUT2D eigenvalue weighted by molar-refractivity contribution is 6.41. The lowest BCUT2D eigenvalue weighted by molar-refractivity contribution is -0.151. The van der Waals surface area contributed by atoms with Crippen molar-refractivity contribution < 1.29 is 66.1 Å². The van der Waals surface area contributed by atoms with Crippen molar-refractivity contribution in [3.8, 4) is 17.2 Å². The number of aromatic nitrogens is 3. The van der Waals surface area contributed by atoms with Gasteiger partial charge in [-0.1, -0.05) is 158 Å². The standard InChI is InChI=1S/C35H28FN3O5.C32H26FN3O2.C23H21FN4O4/c1-38(34(41)35(42)43-2)30-26-14-9-19-37-29(26)32(44-31(23-10-5-3-6-11-23)24-12-7-4-8-13-24)28-27(30)21-39(33(28)40)20-22-15-17-25(36)18-16-22;1-34-28-25-13-8-18-35-29(25)31(38-30(22-9-4-2-5-10-22)23-11-6-3-7-12-23)27-26(28)20-36(32(27)37)19-21-14-16-24(33)17-15-21;1-26(2)22(31)23(32)27(3)19-15-5-4-10-25-18(15)20(29)17-16(19)12-28(21(17)30)11-13-6-8-14(24)9-7-13/h3-19,31H,20-21H2,1-2H3;2-18,30,34H,19-20H2,1H3;4-10,29H,11-12H2,1-3H3. The van der Waals surface area contributed by atoms with Gasteiger partial charge in [-0.2, -0.15) is 0 Å². The van der Waals surface area contributed by atoms with E-state index in [-0.39, 0.29) is 83.6 Å². The zero-order valence-electron chi connectivity index (χ0n) is 62.8. The van der Waals surface area contributed by atoms with Gasteiger partial charge in [0.2, 0.25) is 0 Å². The fourth-order valence-electron chi connectivity index (χ4n) is 14.6. The number of amides is 6. The van der Waals surface area contributed by atoms with Crippen molar-refractivity contribution in [2.75, 3.05) is 57.5 Å². The van der Waals surface area contributed by atoms with Crippen molar-refractivity contribution in [2.45, 2.75) is 51.5 Å². The molecule has 0 fully saturated rings. The Balaban J connectivity index is 0.000000143. The number of rotatable bonds is 17. The Kier molecular flexibility index (Phi) is 22.2. The van der Waals surface area contributed by atoms with Crippen LogP contribution in [-0.2, 0) is 63.2 Å². The predicted molar refractivity (Wildman–Crippen MR) is 425 cm³/mol. The van der Waals surface area contributed by atoms with Crippen LogP contribution < -0.4 is 24.6 Å². The highest BCUT2D eigenvalue weighted by Crippen LogP contribution is 2.49. The molecule has 3 aromatic heterocycles. The predicted octanol–water partition coefficient (Wildman–Crippen LogP) is 14.9. The van der Waals surface area contributed by atoms with Crippen molar-refractivity contribution in [1.82, 2.24) is 34.6 Å². The van der Waals surface area contributed by atoms with Crippen LogP contribution >= 0.6 is 0 Å². The number of pyridine rings is 3. The van der Waals surface area contributed by atoms with Crippen molar-refractivity contribution >= 4 is 91.2 Å². The molecule has 16 rings (SSSR count). The number of nitrogens with one attached hydrogen (secondary N) is 1. The van der Waals surface area contributed by atoms with Crippen molar-refractivity contribution in [3.63, 3.8) is 0 Å². The summed E-state index contributed by atoms with van der Waals surface area (Å²) in [6.07, 6.45) is 3.75. The number of methoxy groups -OCH3 is 1. The molecule has 13 aromatic rings. The maximum Gasteiger partial charge on any atom is 0.397 e. The van der Waals surface area contributed by atoms with Gasteiger partial charge in [-0.3, -0.25) is 43.7 Å². The molecule has 10 aromatic carbocycles. The van der Waals surface area contributed by atoms with Crippen LogP contribution in [0.3, 0.4) is 0 Å². The Morgan fingerprint density at radius 2 is 0.763 bits per heavy atom. The maximum atomic E-state index is 14.3. The third-order valence-corrected chi connectivity index (χ3v) is 20.1. The first-order chi connectivity index (χ1) is 55.2. The minimum absolute atomic E-state index is 0.0465. The molecule has 24 heteroatoms. The number of hydrogen-bond donors (Lipinski definition) is 2. The lowest BCUT2D eigenvalue weighted by atomic mass is 9.98. The second kappa shape index (κ2) is 33.1. The van der Waals surface area contributed by atoms with E-state index in [1.807, 2.05) is 141 Å². The number of esters is 1. The summed E-state index contributed by atoms with van der Waals surface area (Å²) in [6.45, 7) is 1.36. The Bertz CT molecular complexity index is 5780. The summed E-state index contributed by atoms with van der Waals surface area (Å²) in [5, 5.41) is 16.0. The number of anilines is 3. The van der Waals surface area contributed by atoms with Crippen LogP contribution in [-0.4, -0.2) is 123 Å². The number of nitrogens with zero attached hydrogens (tertiary/aromatic N) is 9. The van der Waals surface area contributed by atoms with E-state index in [1.54, 1.807) is 82.9 Å². The number of aromatic hydroxyl groups is 1. The van der Waals surface area contributed by atoms with E-state index >= 15 is 0 Å². The first-order valence-electron chi connectivity index (χ1n) is 36.4. The van der Waals surface area contributed by atoms with Crippen molar-refractivity contribution in [3.05, 3.63) is 339 Å². The molecule has 21 nitrogen and oxygen atoms in total. The fourth-order valence-corrected chi connectivity index (χ4v) is 14.6. The summed E-state index contributed by atoms with van der Waals surface area (Å²) >= 11 is 0. The van der Waals surface area contributed by atoms with Crippen LogP contribution in [0.1, 0.15) is 98.9 Å². The average Bonchev–Trinajstić information content (AvgIpc) is 1.54. The average molecular weight is 1530 g/mol. The maximum absolute atomic E-state index is 14.3. The topological polar surface area (TPSA) is 238 Å². The first kappa shape index (κ1) is 76.5. The van der Waals surface area contributed by atoms with E-state index in [0.717, 1.165) is 57.1 Å². The molecule has 0 atom stereocenters. The molecule has 0 saturated heterocycles. The molecule has 114 heavy (non-hydrogen) atoms. The quantitative estimate of drug-likeness (QED) is 0.0637. The molecular weight excluding hydrogens is 1450 g/mol. The lowest BCUT2D eigenvalue weighted by Crippen LogP contribution is -2.41. The van der Waals surface area contributed by atoms with Crippen LogP contribution in [0.25, 0.3) is 32.7 Å². The van der Waals surface area contributed by atoms with E-state index in [2.05, 4.69) is 20.3 Å². The molecule has 6 amide bonds. The number of ether oxygens (including phenoxy) is 3. The fraction of sp³-hybridized carbons (Fsp3) is 0.156. The molecule has 3 aliphatic heterocycles. The molecule has 572 valence electrons. The Morgan fingerprint density at radius 1 is 0.430 bits per heavy atom. The van der Waals surface area contributed by atoms with E-state index in [1.165, 1.54) is 90.4 Å². The van der Waals surface area contributed by atoms with Crippen LogP contribution in [0, 0.1) is 17.5 Å². The number of phenols is 1. The number of fused-ring (bicyclic) bond motifs is 6. The van der Waals surface area contributed by atoms with Crippen LogP contribution in [0.4, 0.5) is 30.2 Å². The van der Waals surface area contributed by atoms with Gasteiger partial charge in [0, 0.05) is 132 Å². The summed E-state index contributed by atoms with van der Waals surface area (Å²) < 4.78 is 58.8. The number of phenolic OH excluding ortho intramolecular Hbond substituents is 1. The Labute approximate surface area is 653 Å². The van der Waals surface area contributed by atoms with Gasteiger partial charge < -0.3 is 54.0 Å². The van der Waals surface area contributed by atoms with E-state index in [9.17, 15) is 51.8 Å². The molecule has 0 saturated carbocycles. The van der Waals surface area contributed by atoms with E-state index < -0.39 is 41.8 Å². The molecule has 0 unspecified atom stereocenters. The first-order valence-corrected chi connectivity index (χ1v) is 36.4. The minimum atomic E-state index is -1.04. The molecule has 0 radical (unpaired) electrons. The zero-order chi connectivity index (χ0) is 80.0. The van der Waals surface area contributed by atoms with E-state index in [4.69, 9.17) is 14.2 Å². The van der Waals surface area contributed by atoms with Crippen LogP contribution in [0.2, 0.25) is 0 Å². The summed E-state index contributed by atoms with van der Waals surface area (Å²) in [7, 11) is 8.86. The number of likely N-dealkylation sites (N-methyl/N-ethyl adjacent to an activating group) is 3. The van der Waals surface area contributed by atoms with Gasteiger partial charge in [-0.15, -0.1) is 0 Å². The third kappa shape index (κ3) is 15.3. The summed E-state index contributed by atoms with van der Waals surface area (Å²) in [6, 6.07) is 67.9. The molecule has 2 N–H and O–H groups in total. The van der Waals surface area contributed by atoms with Crippen LogP contribution in [0.15, 0.2) is 249 Å². The number of carbonyl (C=O) groups excluding carboxylic acids is 7. The second-order valence-electron chi connectivity index (χ2n) is 27.5. The largest absolute Gasteiger partial charge is 0.505 e. The van der Waals surface area contributed by atoms with Crippen molar-refractivity contribution in [1.29, 1.82) is 0 Å². The molecule has 0 aliphatic carbocycles. The van der Waals surface area contributed by atoms with Gasteiger partial charge in [-0.05, 0) is 112 Å². The smallest absolute Gasteiger partial charge is 0.397 e. The third-order valence-electron chi connectivity index (χ3n) is 20.1. The van der Waals surface area contributed by atoms with Gasteiger partial charge in [-0.25, -0.2) is 18.0 Å². The highest BCUT2D eigenvalue weighted by atomic mass is 19.1. The normalized spacial score (nSPS) is 12.6. The summed E-state index contributed by atoms with van der Waals surface area (Å²) in [4.78, 5) is 114. The zero-order valence-corrected chi connectivity index (χ0v) is 62.8.